The number of nitrogens with one attached hydrogen (secondary N) is 1. The first-order chi connectivity index (χ1) is 5.31. The largest absolute Gasteiger partial charge is 0.447 e. The number of hydrogen-bond acceptors (Lipinski definition) is 4. The Morgan fingerprint density at radius 3 is 2.91 bits per heavy atom. The molecule has 0 fully saturated rings. The number of ether oxygens (including phenoxy) is 2. The number of hydrogen-bond donors (Lipinski definition) is 1. The van der Waals surface area contributed by atoms with Gasteiger partial charge in [-0.1, -0.05) is 0 Å². The van der Waals surface area contributed by atoms with Gasteiger partial charge in [-0.05, 0) is 21.7 Å². The molecule has 0 spiro atoms. The van der Waals surface area contributed by atoms with Crippen LogP contribution in [0.5, 0.6) is 0 Å². The molecule has 0 radical (unpaired) electrons. The number of amides is 1. The van der Waals surface area contributed by atoms with E-state index in [4.69, 9.17) is 10.7 Å². The number of alkyl carbamates (subject to hydrolysis) is 1. The Morgan fingerprint density at radius 1 is 1.64 bits per heavy atom. The molecule has 0 rings (SSSR count). The van der Waals surface area contributed by atoms with Crippen molar-refractivity contribution in [2.45, 2.75) is 0 Å². The van der Waals surface area contributed by atoms with Gasteiger partial charge in [-0.25, -0.2) is 4.79 Å². The minimum atomic E-state index is -0.477. The van der Waals surface area contributed by atoms with E-state index in [-0.39, 0.29) is 6.61 Å². The number of carbonyl (C=O) groups is 1. The molecule has 0 aromatic carbocycles. The maximum Gasteiger partial charge on any atom is 0.407 e. The van der Waals surface area contributed by atoms with Crippen LogP contribution in [-0.4, -0.2) is 32.3 Å². The van der Waals surface area contributed by atoms with E-state index in [2.05, 4.69) is 14.8 Å². The molecule has 11 heavy (non-hydrogen) atoms. The van der Waals surface area contributed by atoms with Gasteiger partial charge in [0.1, 0.15) is 6.61 Å². The molecular formula is C5H10ClNO3S. The van der Waals surface area contributed by atoms with E-state index in [0.29, 0.717) is 12.5 Å². The van der Waals surface area contributed by atoms with Gasteiger partial charge in [-0.2, -0.15) is 0 Å². The molecule has 0 saturated heterocycles. The minimum Gasteiger partial charge on any atom is -0.447 e. The summed E-state index contributed by atoms with van der Waals surface area (Å²) in [7, 11) is 7.76. The van der Waals surface area contributed by atoms with E-state index < -0.39 is 6.09 Å². The smallest absolute Gasteiger partial charge is 0.407 e. The summed E-state index contributed by atoms with van der Waals surface area (Å²) in [6.45, 7) is 0.663. The lowest BCUT2D eigenvalue weighted by atomic mass is 10.8. The first-order valence-corrected chi connectivity index (χ1v) is 4.75. The molecule has 66 valence electrons. The highest BCUT2D eigenvalue weighted by atomic mass is 35.7. The molecule has 0 aliphatic heterocycles. The highest BCUT2D eigenvalue weighted by molar-refractivity contribution is 8.21. The lowest BCUT2D eigenvalue weighted by Crippen LogP contribution is -2.24. The van der Waals surface area contributed by atoms with Crippen LogP contribution in [0.2, 0.25) is 0 Å². The lowest BCUT2D eigenvalue weighted by molar-refractivity contribution is 0.0996. The van der Waals surface area contributed by atoms with Crippen molar-refractivity contribution in [1.82, 2.24) is 5.32 Å². The number of methoxy groups -OCH3 is 1. The summed E-state index contributed by atoms with van der Waals surface area (Å²) in [5.74, 6) is 0.341. The van der Waals surface area contributed by atoms with Gasteiger partial charge in [-0.3, -0.25) is 0 Å². The third kappa shape index (κ3) is 7.77. The van der Waals surface area contributed by atoms with Crippen LogP contribution in [0.25, 0.3) is 0 Å². The van der Waals surface area contributed by atoms with Crippen molar-refractivity contribution in [1.29, 1.82) is 0 Å². The van der Waals surface area contributed by atoms with E-state index in [0.717, 1.165) is 11.0 Å². The maximum absolute atomic E-state index is 10.6. The molecule has 0 aliphatic rings. The van der Waals surface area contributed by atoms with E-state index in [9.17, 15) is 4.79 Å². The van der Waals surface area contributed by atoms with E-state index in [1.807, 2.05) is 0 Å². The van der Waals surface area contributed by atoms with Crippen molar-refractivity contribution >= 4 is 27.8 Å². The first kappa shape index (κ1) is 10.9. The highest BCUT2D eigenvalue weighted by Gasteiger charge is 1.98. The Morgan fingerprint density at radius 2 is 2.36 bits per heavy atom. The van der Waals surface area contributed by atoms with Crippen molar-refractivity contribution in [3.63, 3.8) is 0 Å². The average molecular weight is 200 g/mol. The maximum atomic E-state index is 10.6. The quantitative estimate of drug-likeness (QED) is 0.534. The topological polar surface area (TPSA) is 47.6 Å². The summed E-state index contributed by atoms with van der Waals surface area (Å²) in [5, 5.41) is 2.41. The van der Waals surface area contributed by atoms with Crippen molar-refractivity contribution in [3.8, 4) is 0 Å². The molecule has 0 aliphatic carbocycles. The summed E-state index contributed by atoms with van der Waals surface area (Å²) < 4.78 is 9.30. The predicted octanol–water partition coefficient (Wildman–Crippen LogP) is 1.20. The molecular weight excluding hydrogens is 190 g/mol. The van der Waals surface area contributed by atoms with Crippen molar-refractivity contribution in [3.05, 3.63) is 0 Å². The van der Waals surface area contributed by atoms with Crippen molar-refractivity contribution in [2.75, 3.05) is 26.2 Å². The van der Waals surface area contributed by atoms with E-state index in [1.54, 1.807) is 0 Å². The van der Waals surface area contributed by atoms with Crippen LogP contribution >= 0.6 is 21.7 Å². The summed E-state index contributed by atoms with van der Waals surface area (Å²) in [6.07, 6.45) is -0.477. The Balaban J connectivity index is 3.09. The van der Waals surface area contributed by atoms with Gasteiger partial charge in [0.25, 0.3) is 0 Å². The minimum absolute atomic E-state index is 0.259. The highest BCUT2D eigenvalue weighted by Crippen LogP contribution is 2.01. The fraction of sp³-hybridized carbons (Fsp3) is 0.800. The Hall–Kier alpha value is -0.130. The van der Waals surface area contributed by atoms with Crippen LogP contribution in [-0.2, 0) is 9.47 Å². The zero-order chi connectivity index (χ0) is 8.53. The Labute approximate surface area is 74.1 Å². The summed E-state index contributed by atoms with van der Waals surface area (Å²) >= 11 is 0. The molecule has 1 N–H and O–H groups in total. The van der Waals surface area contributed by atoms with Gasteiger partial charge in [0, 0.05) is 7.11 Å². The molecule has 0 saturated carbocycles. The van der Waals surface area contributed by atoms with E-state index in [1.165, 1.54) is 7.11 Å². The first-order valence-electron chi connectivity index (χ1n) is 2.94. The van der Waals surface area contributed by atoms with Gasteiger partial charge < -0.3 is 14.8 Å². The van der Waals surface area contributed by atoms with Crippen LogP contribution < -0.4 is 5.32 Å². The Bertz CT molecular complexity index is 114. The van der Waals surface area contributed by atoms with Crippen LogP contribution in [0.15, 0.2) is 0 Å². The van der Waals surface area contributed by atoms with Gasteiger partial charge in [0.05, 0.1) is 12.5 Å². The molecule has 0 atom stereocenters. The van der Waals surface area contributed by atoms with Gasteiger partial charge in [0.15, 0.2) is 0 Å². The van der Waals surface area contributed by atoms with E-state index >= 15 is 0 Å². The number of halogens is 1. The second-order valence-electron chi connectivity index (χ2n) is 1.56. The van der Waals surface area contributed by atoms with Gasteiger partial charge in [-0.15, -0.1) is 0 Å². The molecule has 4 nitrogen and oxygen atoms in total. The summed E-state index contributed by atoms with van der Waals surface area (Å²) in [4.78, 5) is 10.6. The normalized spacial score (nSPS) is 9.27. The second kappa shape index (κ2) is 7.97. The lowest BCUT2D eigenvalue weighted by Gasteiger charge is -2.03. The standard InChI is InChI=1S/C5H10ClNO3S/c1-9-2-3-10-5(8)7-4-11-6/h2-4H2,1H3,(H,7,8). The predicted molar refractivity (Wildman–Crippen MR) is 44.7 cm³/mol. The van der Waals surface area contributed by atoms with Gasteiger partial charge in [0.2, 0.25) is 0 Å². The Kier molecular flexibility index (Phi) is 7.88. The third-order valence-electron chi connectivity index (χ3n) is 0.792. The zero-order valence-electron chi connectivity index (χ0n) is 6.13. The molecule has 0 bridgehead atoms. The molecule has 0 aromatic heterocycles. The van der Waals surface area contributed by atoms with Crippen molar-refractivity contribution < 1.29 is 14.3 Å². The molecule has 6 heteroatoms. The van der Waals surface area contributed by atoms with Crippen LogP contribution in [0.3, 0.4) is 0 Å². The fourth-order valence-electron chi connectivity index (χ4n) is 0.355. The number of carbonyl (C=O) groups excluding carboxylic acids is 1. The summed E-state index contributed by atoms with van der Waals surface area (Å²) in [6, 6.07) is 0. The molecule has 0 heterocycles. The van der Waals surface area contributed by atoms with Crippen LogP contribution in [0.1, 0.15) is 0 Å². The molecule has 0 aromatic rings. The van der Waals surface area contributed by atoms with Crippen LogP contribution in [0.4, 0.5) is 4.79 Å². The average Bonchev–Trinajstić information content (AvgIpc) is 2.01. The fourth-order valence-corrected chi connectivity index (χ4v) is 0.691. The molecule has 0 unspecified atom stereocenters. The summed E-state index contributed by atoms with van der Waals surface area (Å²) in [5.41, 5.74) is 0. The number of rotatable bonds is 5. The van der Waals surface area contributed by atoms with Gasteiger partial charge >= 0.3 is 6.09 Å². The second-order valence-corrected chi connectivity index (χ2v) is 2.72. The monoisotopic (exact) mass is 199 g/mol. The molecule has 1 amide bonds. The van der Waals surface area contributed by atoms with Crippen molar-refractivity contribution in [2.24, 2.45) is 0 Å². The SMILES string of the molecule is COCCOC(=O)NCSCl. The van der Waals surface area contributed by atoms with Crippen LogP contribution in [0, 0.1) is 0 Å². The third-order valence-corrected chi connectivity index (χ3v) is 1.37. The zero-order valence-corrected chi connectivity index (χ0v) is 7.70.